The van der Waals surface area contributed by atoms with Gasteiger partial charge in [0.15, 0.2) is 0 Å². The highest BCUT2D eigenvalue weighted by molar-refractivity contribution is 7.99. The van der Waals surface area contributed by atoms with Crippen molar-refractivity contribution >= 4 is 11.8 Å². The molecule has 1 aliphatic carbocycles. The van der Waals surface area contributed by atoms with Crippen molar-refractivity contribution < 1.29 is 17.9 Å². The molecule has 1 N–H and O–H groups in total. The highest BCUT2D eigenvalue weighted by Gasteiger charge is 2.31. The fourth-order valence-corrected chi connectivity index (χ4v) is 3.73. The van der Waals surface area contributed by atoms with Crippen molar-refractivity contribution in [3.63, 3.8) is 0 Å². The Kier molecular flexibility index (Phi) is 5.81. The third-order valence-electron chi connectivity index (χ3n) is 3.54. The maximum atomic E-state index is 12.1. The van der Waals surface area contributed by atoms with E-state index < -0.39 is 6.36 Å². The van der Waals surface area contributed by atoms with Crippen LogP contribution in [0.4, 0.5) is 13.2 Å². The van der Waals surface area contributed by atoms with E-state index in [9.17, 15) is 13.2 Å². The fraction of sp³-hybridized carbons (Fsp3) is 0.600. The Morgan fingerprint density at radius 2 is 1.95 bits per heavy atom. The SMILES string of the molecule is CCSC1CCC(NCc2ccc(OC(F)(F)F)cc2)C1. The highest BCUT2D eigenvalue weighted by atomic mass is 32.2. The van der Waals surface area contributed by atoms with Gasteiger partial charge in [-0.25, -0.2) is 0 Å². The molecule has 0 amide bonds. The minimum atomic E-state index is -4.63. The molecule has 0 bridgehead atoms. The first-order valence-corrected chi connectivity index (χ1v) is 8.21. The van der Waals surface area contributed by atoms with E-state index in [4.69, 9.17) is 0 Å². The Morgan fingerprint density at radius 1 is 1.24 bits per heavy atom. The number of ether oxygens (including phenoxy) is 1. The second kappa shape index (κ2) is 7.40. The third kappa shape index (κ3) is 5.79. The first-order valence-electron chi connectivity index (χ1n) is 7.16. The molecule has 0 heterocycles. The predicted molar refractivity (Wildman–Crippen MR) is 79.5 cm³/mol. The Bertz CT molecular complexity index is 436. The summed E-state index contributed by atoms with van der Waals surface area (Å²) in [5.41, 5.74) is 0.969. The minimum Gasteiger partial charge on any atom is -0.406 e. The third-order valence-corrected chi connectivity index (χ3v) is 4.77. The van der Waals surface area contributed by atoms with Crippen molar-refractivity contribution in [1.29, 1.82) is 0 Å². The van der Waals surface area contributed by atoms with Crippen molar-refractivity contribution in [1.82, 2.24) is 5.32 Å². The summed E-state index contributed by atoms with van der Waals surface area (Å²) in [5, 5.41) is 4.22. The zero-order valence-electron chi connectivity index (χ0n) is 12.0. The normalized spacial score (nSPS) is 22.5. The lowest BCUT2D eigenvalue weighted by Crippen LogP contribution is -2.26. The number of hydrogen-bond donors (Lipinski definition) is 1. The summed E-state index contributed by atoms with van der Waals surface area (Å²) in [6, 6.07) is 6.56. The quantitative estimate of drug-likeness (QED) is 0.842. The lowest BCUT2D eigenvalue weighted by Gasteiger charge is -2.14. The van der Waals surface area contributed by atoms with Crippen LogP contribution in [0.25, 0.3) is 0 Å². The molecule has 1 fully saturated rings. The number of thioether (sulfide) groups is 1. The molecular formula is C15H20F3NOS. The van der Waals surface area contributed by atoms with Crippen molar-refractivity contribution in [3.8, 4) is 5.75 Å². The molecule has 2 nitrogen and oxygen atoms in total. The van der Waals surface area contributed by atoms with Crippen molar-refractivity contribution in [2.75, 3.05) is 5.75 Å². The van der Waals surface area contributed by atoms with Crippen molar-refractivity contribution in [3.05, 3.63) is 29.8 Å². The van der Waals surface area contributed by atoms with Crippen LogP contribution in [0, 0.1) is 0 Å². The maximum Gasteiger partial charge on any atom is 0.573 e. The van der Waals surface area contributed by atoms with E-state index in [1.54, 1.807) is 12.1 Å². The van der Waals surface area contributed by atoms with Gasteiger partial charge >= 0.3 is 6.36 Å². The molecular weight excluding hydrogens is 299 g/mol. The average Bonchev–Trinajstić information content (AvgIpc) is 2.84. The van der Waals surface area contributed by atoms with E-state index >= 15 is 0 Å². The lowest BCUT2D eigenvalue weighted by molar-refractivity contribution is -0.274. The largest absolute Gasteiger partial charge is 0.573 e. The molecule has 1 saturated carbocycles. The first kappa shape index (κ1) is 16.5. The van der Waals surface area contributed by atoms with Crippen LogP contribution in [-0.4, -0.2) is 23.4 Å². The molecule has 0 radical (unpaired) electrons. The first-order chi connectivity index (χ1) is 9.96. The maximum absolute atomic E-state index is 12.1. The van der Waals surface area contributed by atoms with E-state index in [0.29, 0.717) is 12.6 Å². The van der Waals surface area contributed by atoms with Gasteiger partial charge in [-0.2, -0.15) is 11.8 Å². The second-order valence-electron chi connectivity index (χ2n) is 5.16. The van der Waals surface area contributed by atoms with E-state index in [2.05, 4.69) is 17.0 Å². The molecule has 0 aromatic heterocycles. The fourth-order valence-electron chi connectivity index (χ4n) is 2.58. The molecule has 0 spiro atoms. The van der Waals surface area contributed by atoms with E-state index in [1.165, 1.54) is 31.4 Å². The molecule has 0 saturated heterocycles. The van der Waals surface area contributed by atoms with Gasteiger partial charge in [0.2, 0.25) is 0 Å². The molecule has 1 aromatic carbocycles. The van der Waals surface area contributed by atoms with Gasteiger partial charge in [0, 0.05) is 17.8 Å². The summed E-state index contributed by atoms with van der Waals surface area (Å²) >= 11 is 2.01. The van der Waals surface area contributed by atoms with Crippen LogP contribution < -0.4 is 10.1 Å². The zero-order valence-corrected chi connectivity index (χ0v) is 12.8. The molecule has 2 atom stereocenters. The Balaban J connectivity index is 1.76. The van der Waals surface area contributed by atoms with Gasteiger partial charge in [-0.1, -0.05) is 19.1 Å². The van der Waals surface area contributed by atoms with E-state index in [1.807, 2.05) is 11.8 Å². The number of rotatable bonds is 6. The number of alkyl halides is 3. The van der Waals surface area contributed by atoms with Gasteiger partial charge in [-0.05, 0) is 42.7 Å². The van der Waals surface area contributed by atoms with Crippen LogP contribution >= 0.6 is 11.8 Å². The predicted octanol–water partition coefficient (Wildman–Crippen LogP) is 4.35. The van der Waals surface area contributed by atoms with Gasteiger partial charge < -0.3 is 10.1 Å². The van der Waals surface area contributed by atoms with Gasteiger partial charge in [0.25, 0.3) is 0 Å². The molecule has 2 rings (SSSR count). The van der Waals surface area contributed by atoms with E-state index in [-0.39, 0.29) is 5.75 Å². The summed E-state index contributed by atoms with van der Waals surface area (Å²) in [4.78, 5) is 0. The van der Waals surface area contributed by atoms with Crippen LogP contribution in [0.15, 0.2) is 24.3 Å². The monoisotopic (exact) mass is 319 g/mol. The van der Waals surface area contributed by atoms with Gasteiger partial charge in [0.05, 0.1) is 0 Å². The summed E-state index contributed by atoms with van der Waals surface area (Å²) in [6.07, 6.45) is -1.04. The number of hydrogen-bond acceptors (Lipinski definition) is 3. The topological polar surface area (TPSA) is 21.3 Å². The van der Waals surface area contributed by atoms with Crippen LogP contribution in [0.3, 0.4) is 0 Å². The summed E-state index contributed by atoms with van der Waals surface area (Å²) in [5.74, 6) is 0.976. The summed E-state index contributed by atoms with van der Waals surface area (Å²) in [6.45, 7) is 2.86. The number of nitrogens with one attached hydrogen (secondary N) is 1. The average molecular weight is 319 g/mol. The van der Waals surface area contributed by atoms with Crippen LogP contribution in [-0.2, 0) is 6.54 Å². The number of halogens is 3. The van der Waals surface area contributed by atoms with Gasteiger partial charge in [-0.3, -0.25) is 0 Å². The van der Waals surface area contributed by atoms with E-state index in [0.717, 1.165) is 16.6 Å². The molecule has 21 heavy (non-hydrogen) atoms. The molecule has 0 aliphatic heterocycles. The minimum absolute atomic E-state index is 0.175. The molecule has 1 aromatic rings. The second-order valence-corrected chi connectivity index (χ2v) is 6.74. The molecule has 6 heteroatoms. The summed E-state index contributed by atoms with van der Waals surface area (Å²) < 4.78 is 40.0. The van der Waals surface area contributed by atoms with Crippen LogP contribution in [0.1, 0.15) is 31.7 Å². The van der Waals surface area contributed by atoms with Crippen molar-refractivity contribution in [2.45, 2.75) is 50.4 Å². The Hall–Kier alpha value is -0.880. The van der Waals surface area contributed by atoms with Gasteiger partial charge in [0.1, 0.15) is 5.75 Å². The van der Waals surface area contributed by atoms with Crippen LogP contribution in [0.2, 0.25) is 0 Å². The lowest BCUT2D eigenvalue weighted by atomic mass is 10.2. The van der Waals surface area contributed by atoms with Gasteiger partial charge in [-0.15, -0.1) is 13.2 Å². The molecule has 2 unspecified atom stereocenters. The summed E-state index contributed by atoms with van der Waals surface area (Å²) in [7, 11) is 0. The highest BCUT2D eigenvalue weighted by Crippen LogP contribution is 2.30. The molecule has 118 valence electrons. The standard InChI is InChI=1S/C15H20F3NOS/c1-2-21-14-8-5-12(9-14)19-10-11-3-6-13(7-4-11)20-15(16,17)18/h3-4,6-7,12,14,19H,2,5,8-10H2,1H3. The molecule has 1 aliphatic rings. The smallest absolute Gasteiger partial charge is 0.406 e. The Labute approximate surface area is 127 Å². The van der Waals surface area contributed by atoms with Crippen LogP contribution in [0.5, 0.6) is 5.75 Å². The Morgan fingerprint density at radius 3 is 2.57 bits per heavy atom. The zero-order chi connectivity index (χ0) is 15.3. The van der Waals surface area contributed by atoms with Crippen molar-refractivity contribution in [2.24, 2.45) is 0 Å². The number of benzene rings is 1.